The van der Waals surface area contributed by atoms with Crippen LogP contribution in [0.15, 0.2) is 59.0 Å². The van der Waals surface area contributed by atoms with Gasteiger partial charge in [-0.3, -0.25) is 4.79 Å². The van der Waals surface area contributed by atoms with Crippen LogP contribution in [0.4, 0.5) is 14.5 Å². The van der Waals surface area contributed by atoms with Gasteiger partial charge in [0.25, 0.3) is 5.91 Å². The standard InChI is InChI=1S/C18H13F2NO2/c1-11-2-7-14(10-15(11)20)21-18(22)17-9-8-16(23-17)12-3-5-13(19)6-4-12/h2-10H,1H3,(H,21,22). The van der Waals surface area contributed by atoms with Gasteiger partial charge in [-0.05, 0) is 61.0 Å². The van der Waals surface area contributed by atoms with E-state index in [0.29, 0.717) is 22.6 Å². The van der Waals surface area contributed by atoms with Crippen molar-refractivity contribution in [3.8, 4) is 11.3 Å². The average Bonchev–Trinajstić information content (AvgIpc) is 3.02. The molecule has 0 aliphatic carbocycles. The summed E-state index contributed by atoms with van der Waals surface area (Å²) in [5, 5.41) is 2.57. The number of furan rings is 1. The third-order valence-corrected chi connectivity index (χ3v) is 3.39. The molecule has 23 heavy (non-hydrogen) atoms. The Morgan fingerprint density at radius 1 is 1.00 bits per heavy atom. The first-order valence-corrected chi connectivity index (χ1v) is 6.96. The Morgan fingerprint density at radius 2 is 1.74 bits per heavy atom. The number of hydrogen-bond donors (Lipinski definition) is 1. The fourth-order valence-electron chi connectivity index (χ4n) is 2.09. The fourth-order valence-corrected chi connectivity index (χ4v) is 2.09. The molecule has 1 N–H and O–H groups in total. The number of nitrogens with one attached hydrogen (secondary N) is 1. The first-order chi connectivity index (χ1) is 11.0. The topological polar surface area (TPSA) is 42.2 Å². The van der Waals surface area contributed by atoms with E-state index in [-0.39, 0.29) is 11.6 Å². The van der Waals surface area contributed by atoms with Crippen LogP contribution in [0.2, 0.25) is 0 Å². The van der Waals surface area contributed by atoms with Crippen molar-refractivity contribution in [3.63, 3.8) is 0 Å². The Bertz CT molecular complexity index is 854. The van der Waals surface area contributed by atoms with Crippen molar-refractivity contribution in [3.05, 3.63) is 77.6 Å². The summed E-state index contributed by atoms with van der Waals surface area (Å²) in [4.78, 5) is 12.1. The van der Waals surface area contributed by atoms with Gasteiger partial charge in [-0.2, -0.15) is 0 Å². The second-order valence-electron chi connectivity index (χ2n) is 5.09. The van der Waals surface area contributed by atoms with Gasteiger partial charge in [-0.1, -0.05) is 6.07 Å². The summed E-state index contributed by atoms with van der Waals surface area (Å²) >= 11 is 0. The molecule has 0 radical (unpaired) electrons. The Hall–Kier alpha value is -2.95. The van der Waals surface area contributed by atoms with Crippen LogP contribution in [0.3, 0.4) is 0 Å². The highest BCUT2D eigenvalue weighted by Gasteiger charge is 2.13. The number of halogens is 2. The highest BCUT2D eigenvalue weighted by atomic mass is 19.1. The molecule has 1 aromatic heterocycles. The minimum atomic E-state index is -0.485. The van der Waals surface area contributed by atoms with Gasteiger partial charge in [0.2, 0.25) is 0 Å². The highest BCUT2D eigenvalue weighted by Crippen LogP contribution is 2.23. The van der Waals surface area contributed by atoms with E-state index in [1.807, 2.05) is 0 Å². The Kier molecular flexibility index (Phi) is 3.93. The van der Waals surface area contributed by atoms with Crippen molar-refractivity contribution in [1.82, 2.24) is 0 Å². The first kappa shape index (κ1) is 15.0. The highest BCUT2D eigenvalue weighted by molar-refractivity contribution is 6.02. The van der Waals surface area contributed by atoms with E-state index in [9.17, 15) is 13.6 Å². The number of benzene rings is 2. The molecule has 116 valence electrons. The molecule has 0 saturated carbocycles. The third kappa shape index (κ3) is 3.29. The minimum absolute atomic E-state index is 0.0882. The lowest BCUT2D eigenvalue weighted by Crippen LogP contribution is -2.11. The monoisotopic (exact) mass is 313 g/mol. The molecule has 3 nitrogen and oxygen atoms in total. The second kappa shape index (κ2) is 6.04. The van der Waals surface area contributed by atoms with E-state index in [1.165, 1.54) is 24.3 Å². The molecule has 0 bridgehead atoms. The van der Waals surface area contributed by atoms with Gasteiger partial charge >= 0.3 is 0 Å². The zero-order valence-electron chi connectivity index (χ0n) is 12.3. The molecule has 0 fully saturated rings. The molecule has 0 spiro atoms. The number of anilines is 1. The number of carbonyl (C=O) groups excluding carboxylic acids is 1. The van der Waals surface area contributed by atoms with Crippen molar-refractivity contribution in [2.75, 3.05) is 5.32 Å². The molecular formula is C18H13F2NO2. The molecule has 0 atom stereocenters. The summed E-state index contributed by atoms with van der Waals surface area (Å²) < 4.78 is 31.9. The van der Waals surface area contributed by atoms with E-state index in [1.54, 1.807) is 37.3 Å². The number of rotatable bonds is 3. The van der Waals surface area contributed by atoms with Crippen LogP contribution in [0.25, 0.3) is 11.3 Å². The Labute approximate surface area is 131 Å². The summed E-state index contributed by atoms with van der Waals surface area (Å²) in [7, 11) is 0. The largest absolute Gasteiger partial charge is 0.451 e. The second-order valence-corrected chi connectivity index (χ2v) is 5.09. The number of amides is 1. The molecule has 0 aliphatic rings. The molecule has 0 saturated heterocycles. The van der Waals surface area contributed by atoms with E-state index in [2.05, 4.69) is 5.32 Å². The number of hydrogen-bond acceptors (Lipinski definition) is 2. The van der Waals surface area contributed by atoms with Crippen LogP contribution in [0.5, 0.6) is 0 Å². The van der Waals surface area contributed by atoms with Crippen molar-refractivity contribution in [2.24, 2.45) is 0 Å². The predicted molar refractivity (Wildman–Crippen MR) is 83.2 cm³/mol. The van der Waals surface area contributed by atoms with Gasteiger partial charge in [0, 0.05) is 11.3 Å². The lowest BCUT2D eigenvalue weighted by atomic mass is 10.2. The minimum Gasteiger partial charge on any atom is -0.451 e. The van der Waals surface area contributed by atoms with Crippen molar-refractivity contribution in [2.45, 2.75) is 6.92 Å². The van der Waals surface area contributed by atoms with Crippen LogP contribution < -0.4 is 5.32 Å². The smallest absolute Gasteiger partial charge is 0.291 e. The van der Waals surface area contributed by atoms with Crippen LogP contribution in [0, 0.1) is 18.6 Å². The molecule has 0 aliphatic heterocycles. The maximum atomic E-state index is 13.5. The molecule has 3 rings (SSSR count). The quantitative estimate of drug-likeness (QED) is 0.755. The molecule has 1 amide bonds. The molecule has 2 aromatic carbocycles. The normalized spacial score (nSPS) is 10.6. The molecule has 0 unspecified atom stereocenters. The SMILES string of the molecule is Cc1ccc(NC(=O)c2ccc(-c3ccc(F)cc3)o2)cc1F. The fraction of sp³-hybridized carbons (Fsp3) is 0.0556. The van der Waals surface area contributed by atoms with Crippen molar-refractivity contribution in [1.29, 1.82) is 0 Å². The summed E-state index contributed by atoms with van der Waals surface area (Å²) in [6.45, 7) is 1.64. The lowest BCUT2D eigenvalue weighted by molar-refractivity contribution is 0.0997. The van der Waals surface area contributed by atoms with Crippen molar-refractivity contribution < 1.29 is 18.0 Å². The van der Waals surface area contributed by atoms with Crippen LogP contribution in [0.1, 0.15) is 16.1 Å². The summed E-state index contributed by atoms with van der Waals surface area (Å²) in [5.74, 6) is -0.689. The summed E-state index contributed by atoms with van der Waals surface area (Å²) in [5.41, 5.74) is 1.50. The van der Waals surface area contributed by atoms with Crippen LogP contribution >= 0.6 is 0 Å². The maximum absolute atomic E-state index is 13.5. The Morgan fingerprint density at radius 3 is 2.43 bits per heavy atom. The molecule has 5 heteroatoms. The van der Waals surface area contributed by atoms with E-state index >= 15 is 0 Å². The third-order valence-electron chi connectivity index (χ3n) is 3.39. The van der Waals surface area contributed by atoms with Gasteiger partial charge in [0.15, 0.2) is 5.76 Å². The zero-order chi connectivity index (χ0) is 16.4. The van der Waals surface area contributed by atoms with Gasteiger partial charge in [0.1, 0.15) is 17.4 Å². The predicted octanol–water partition coefficient (Wildman–Crippen LogP) is 4.79. The Balaban J connectivity index is 1.78. The van der Waals surface area contributed by atoms with Gasteiger partial charge in [0.05, 0.1) is 0 Å². The number of carbonyl (C=O) groups is 1. The summed E-state index contributed by atoms with van der Waals surface area (Å²) in [6, 6.07) is 13.3. The molecule has 1 heterocycles. The first-order valence-electron chi connectivity index (χ1n) is 6.96. The van der Waals surface area contributed by atoms with Crippen LogP contribution in [-0.2, 0) is 0 Å². The van der Waals surface area contributed by atoms with Crippen molar-refractivity contribution >= 4 is 11.6 Å². The maximum Gasteiger partial charge on any atom is 0.291 e. The zero-order valence-corrected chi connectivity index (χ0v) is 12.3. The van der Waals surface area contributed by atoms with E-state index in [0.717, 1.165) is 0 Å². The van der Waals surface area contributed by atoms with E-state index in [4.69, 9.17) is 4.42 Å². The number of aryl methyl sites for hydroxylation is 1. The van der Waals surface area contributed by atoms with Gasteiger partial charge in [-0.25, -0.2) is 8.78 Å². The van der Waals surface area contributed by atoms with E-state index < -0.39 is 11.7 Å². The lowest BCUT2D eigenvalue weighted by Gasteiger charge is -2.04. The summed E-state index contributed by atoms with van der Waals surface area (Å²) in [6.07, 6.45) is 0. The van der Waals surface area contributed by atoms with Gasteiger partial charge < -0.3 is 9.73 Å². The van der Waals surface area contributed by atoms with Crippen LogP contribution in [-0.4, -0.2) is 5.91 Å². The van der Waals surface area contributed by atoms with Gasteiger partial charge in [-0.15, -0.1) is 0 Å². The molecular weight excluding hydrogens is 300 g/mol. The molecule has 3 aromatic rings. The average molecular weight is 313 g/mol.